The van der Waals surface area contributed by atoms with Gasteiger partial charge < -0.3 is 0 Å². The lowest BCUT2D eigenvalue weighted by molar-refractivity contribution is 0.459. The van der Waals surface area contributed by atoms with Crippen molar-refractivity contribution in [2.24, 2.45) is 0 Å². The van der Waals surface area contributed by atoms with Gasteiger partial charge in [-0.1, -0.05) is 69.4 Å². The van der Waals surface area contributed by atoms with E-state index in [0.717, 1.165) is 10.6 Å². The molecule has 0 unspecified atom stereocenters. The zero-order chi connectivity index (χ0) is 19.1. The lowest BCUT2D eigenvalue weighted by Gasteiger charge is -2.18. The van der Waals surface area contributed by atoms with E-state index in [1.165, 1.54) is 20.2 Å². The third kappa shape index (κ3) is 3.41. The molecule has 0 atom stereocenters. The fourth-order valence-corrected chi connectivity index (χ4v) is 5.16. The summed E-state index contributed by atoms with van der Waals surface area (Å²) in [6.07, 6.45) is 0. The molecule has 0 spiro atoms. The number of fused-ring (bicyclic) bond motifs is 1. The first-order chi connectivity index (χ1) is 12.2. The first-order valence-corrected chi connectivity index (χ1v) is 10.9. The maximum atomic E-state index is 13.3. The van der Waals surface area contributed by atoms with Crippen LogP contribution in [0.25, 0.3) is 4.96 Å². The van der Waals surface area contributed by atoms with Gasteiger partial charge in [0, 0.05) is 19.5 Å². The molecular weight excluding hydrogens is 368 g/mol. The van der Waals surface area contributed by atoms with Crippen molar-refractivity contribution in [3.8, 4) is 0 Å². The predicted octanol–water partition coefficient (Wildman–Crippen LogP) is 3.86. The number of rotatable bonds is 6. The summed E-state index contributed by atoms with van der Waals surface area (Å²) in [5.74, 6) is 0.211. The van der Waals surface area contributed by atoms with Crippen molar-refractivity contribution < 1.29 is 8.42 Å². The molecule has 0 aliphatic carbocycles. The van der Waals surface area contributed by atoms with Crippen molar-refractivity contribution in [2.75, 3.05) is 7.05 Å². The van der Waals surface area contributed by atoms with E-state index in [1.54, 1.807) is 7.05 Å². The third-order valence-electron chi connectivity index (χ3n) is 4.15. The second-order valence-electron chi connectivity index (χ2n) is 6.99. The molecule has 0 aliphatic rings. The highest BCUT2D eigenvalue weighted by atomic mass is 32.2. The largest absolute Gasteiger partial charge is 0.262 e. The molecule has 0 fully saturated rings. The first kappa shape index (κ1) is 19.0. The predicted molar refractivity (Wildman–Crippen MR) is 104 cm³/mol. The zero-order valence-corrected chi connectivity index (χ0v) is 17.3. The molecule has 0 N–H and O–H groups in total. The van der Waals surface area contributed by atoms with Crippen molar-refractivity contribution in [1.29, 1.82) is 0 Å². The molecular formula is C18H24N4O2S2. The van der Waals surface area contributed by atoms with Crippen molar-refractivity contribution in [2.45, 2.75) is 51.1 Å². The quantitative estimate of drug-likeness (QED) is 0.639. The van der Waals surface area contributed by atoms with Gasteiger partial charge in [-0.25, -0.2) is 13.4 Å². The maximum Gasteiger partial charge on any atom is 0.262 e. The SMILES string of the molecule is CC(C)c1nn2c(S(=O)(=O)N(C)Cc3ccccc3)c(C(C)C)nc2s1. The number of imidazole rings is 1. The Morgan fingerprint density at radius 3 is 2.35 bits per heavy atom. The number of sulfonamides is 1. The first-order valence-electron chi connectivity index (χ1n) is 8.61. The Hall–Kier alpha value is -1.77. The lowest BCUT2D eigenvalue weighted by Crippen LogP contribution is -2.28. The number of benzene rings is 1. The van der Waals surface area contributed by atoms with Crippen LogP contribution in [0, 0.1) is 0 Å². The summed E-state index contributed by atoms with van der Waals surface area (Å²) in [6, 6.07) is 9.56. The molecule has 8 heteroatoms. The third-order valence-corrected chi connectivity index (χ3v) is 7.18. The molecule has 3 rings (SSSR count). The van der Waals surface area contributed by atoms with E-state index in [9.17, 15) is 8.42 Å². The van der Waals surface area contributed by atoms with Crippen molar-refractivity contribution >= 4 is 26.3 Å². The molecule has 6 nitrogen and oxygen atoms in total. The van der Waals surface area contributed by atoms with Gasteiger partial charge in [-0.15, -0.1) is 0 Å². The van der Waals surface area contributed by atoms with Gasteiger partial charge in [0.25, 0.3) is 10.0 Å². The van der Waals surface area contributed by atoms with Crippen LogP contribution < -0.4 is 0 Å². The minimum Gasteiger partial charge on any atom is -0.221 e. The van der Waals surface area contributed by atoms with Gasteiger partial charge in [-0.05, 0) is 11.5 Å². The standard InChI is InChI=1S/C18H24N4O2S2/c1-12(2)15-17(22-18(19-15)25-16(20-22)13(3)4)26(23,24)21(5)11-14-9-7-6-8-10-14/h6-10,12-13H,11H2,1-5H3. The highest BCUT2D eigenvalue weighted by Crippen LogP contribution is 2.31. The van der Waals surface area contributed by atoms with Gasteiger partial charge in [0.1, 0.15) is 5.01 Å². The van der Waals surface area contributed by atoms with Gasteiger partial charge in [0.2, 0.25) is 4.96 Å². The molecule has 0 amide bonds. The Balaban J connectivity index is 2.10. The van der Waals surface area contributed by atoms with E-state index in [0.29, 0.717) is 17.2 Å². The average Bonchev–Trinajstić information content (AvgIpc) is 3.13. The molecule has 0 saturated heterocycles. The summed E-state index contributed by atoms with van der Waals surface area (Å²) in [6.45, 7) is 8.28. The van der Waals surface area contributed by atoms with Gasteiger partial charge in [0.05, 0.1) is 5.69 Å². The van der Waals surface area contributed by atoms with E-state index >= 15 is 0 Å². The Morgan fingerprint density at radius 2 is 1.77 bits per heavy atom. The number of nitrogens with zero attached hydrogens (tertiary/aromatic N) is 4. The second-order valence-corrected chi connectivity index (χ2v) is 9.94. The summed E-state index contributed by atoms with van der Waals surface area (Å²) in [5, 5.41) is 5.60. The maximum absolute atomic E-state index is 13.3. The monoisotopic (exact) mass is 392 g/mol. The van der Waals surface area contributed by atoms with Crippen molar-refractivity contribution in [1.82, 2.24) is 18.9 Å². The summed E-state index contributed by atoms with van der Waals surface area (Å²) in [7, 11) is -2.13. The molecule has 0 bridgehead atoms. The number of hydrogen-bond acceptors (Lipinski definition) is 5. The van der Waals surface area contributed by atoms with Gasteiger partial charge in [-0.3, -0.25) is 0 Å². The molecule has 2 aromatic heterocycles. The summed E-state index contributed by atoms with van der Waals surface area (Å²) < 4.78 is 29.6. The van der Waals surface area contributed by atoms with Crippen LogP contribution >= 0.6 is 11.3 Å². The molecule has 0 radical (unpaired) electrons. The average molecular weight is 393 g/mol. The van der Waals surface area contributed by atoms with Gasteiger partial charge in [0.15, 0.2) is 5.03 Å². The van der Waals surface area contributed by atoms with Crippen LogP contribution in [0.15, 0.2) is 35.4 Å². The van der Waals surface area contributed by atoms with E-state index in [-0.39, 0.29) is 16.9 Å². The van der Waals surface area contributed by atoms with Crippen LogP contribution in [-0.2, 0) is 16.6 Å². The minimum absolute atomic E-state index is 0.0127. The molecule has 26 heavy (non-hydrogen) atoms. The van der Waals surface area contributed by atoms with Crippen LogP contribution in [0.3, 0.4) is 0 Å². The molecule has 1 aromatic carbocycles. The van der Waals surface area contributed by atoms with Gasteiger partial charge in [-0.2, -0.15) is 13.9 Å². The Bertz CT molecular complexity index is 1000. The van der Waals surface area contributed by atoms with Gasteiger partial charge >= 0.3 is 0 Å². The Kier molecular flexibility index (Phi) is 5.18. The normalized spacial score (nSPS) is 12.8. The fourth-order valence-electron chi connectivity index (χ4n) is 2.68. The minimum atomic E-state index is -3.73. The zero-order valence-electron chi connectivity index (χ0n) is 15.7. The summed E-state index contributed by atoms with van der Waals surface area (Å²) in [4.78, 5) is 5.21. The molecule has 0 aliphatic heterocycles. The van der Waals surface area contributed by atoms with Crippen LogP contribution in [-0.4, -0.2) is 34.4 Å². The molecule has 140 valence electrons. The number of hydrogen-bond donors (Lipinski definition) is 0. The number of aromatic nitrogens is 3. The van der Waals surface area contributed by atoms with Crippen molar-refractivity contribution in [3.05, 3.63) is 46.6 Å². The highest BCUT2D eigenvalue weighted by Gasteiger charge is 2.32. The van der Waals surface area contributed by atoms with Crippen LogP contribution in [0.5, 0.6) is 0 Å². The van der Waals surface area contributed by atoms with E-state index < -0.39 is 10.0 Å². The lowest BCUT2D eigenvalue weighted by atomic mass is 10.2. The van der Waals surface area contributed by atoms with Crippen LogP contribution in [0.2, 0.25) is 0 Å². The molecule has 2 heterocycles. The smallest absolute Gasteiger partial charge is 0.221 e. The summed E-state index contributed by atoms with van der Waals surface area (Å²) >= 11 is 1.45. The van der Waals surface area contributed by atoms with Crippen LogP contribution in [0.1, 0.15) is 55.8 Å². The second kappa shape index (κ2) is 7.09. The van der Waals surface area contributed by atoms with Crippen LogP contribution in [0.4, 0.5) is 0 Å². The van der Waals surface area contributed by atoms with E-state index in [4.69, 9.17) is 0 Å². The highest BCUT2D eigenvalue weighted by molar-refractivity contribution is 7.89. The Labute approximate surface area is 158 Å². The van der Waals surface area contributed by atoms with E-state index in [2.05, 4.69) is 10.1 Å². The van der Waals surface area contributed by atoms with E-state index in [1.807, 2.05) is 58.0 Å². The van der Waals surface area contributed by atoms with Crippen molar-refractivity contribution in [3.63, 3.8) is 0 Å². The Morgan fingerprint density at radius 1 is 1.12 bits per heavy atom. The summed E-state index contributed by atoms with van der Waals surface area (Å²) in [5.41, 5.74) is 1.51. The fraction of sp³-hybridized carbons (Fsp3) is 0.444. The topological polar surface area (TPSA) is 67.6 Å². The molecule has 0 saturated carbocycles. The molecule has 3 aromatic rings.